The van der Waals surface area contributed by atoms with Crippen LogP contribution < -0.4 is 0 Å². The van der Waals surface area contributed by atoms with Gasteiger partial charge in [-0.3, -0.25) is 0 Å². The Hall–Kier alpha value is -5.46. The van der Waals surface area contributed by atoms with Crippen molar-refractivity contribution in [3.63, 3.8) is 0 Å². The van der Waals surface area contributed by atoms with Crippen molar-refractivity contribution in [1.29, 1.82) is 0 Å². The number of fused-ring (bicyclic) bond motifs is 3. The van der Waals surface area contributed by atoms with E-state index in [9.17, 15) is 0 Å². The first-order valence-corrected chi connectivity index (χ1v) is 15.9. The summed E-state index contributed by atoms with van der Waals surface area (Å²) >= 11 is 0. The summed E-state index contributed by atoms with van der Waals surface area (Å²) in [6, 6.07) is 34.5. The van der Waals surface area contributed by atoms with Crippen LogP contribution in [0.3, 0.4) is 0 Å². The second-order valence-electron chi connectivity index (χ2n) is 11.7. The molecular weight excluding hydrogens is 553 g/mol. The highest BCUT2D eigenvalue weighted by atomic mass is 14.1. The first kappa shape index (κ1) is 31.9. The largest absolute Gasteiger partial charge is 0.0620 e. The van der Waals surface area contributed by atoms with Crippen molar-refractivity contribution < 1.29 is 0 Å². The Bertz CT molecular complexity index is 2050. The van der Waals surface area contributed by atoms with Crippen molar-refractivity contribution in [2.45, 2.75) is 27.7 Å². The van der Waals surface area contributed by atoms with E-state index in [1.165, 1.54) is 65.7 Å². The molecule has 5 aromatic carbocycles. The fourth-order valence-electron chi connectivity index (χ4n) is 5.40. The van der Waals surface area contributed by atoms with Crippen LogP contribution in [-0.2, 0) is 0 Å². The van der Waals surface area contributed by atoms with Crippen molar-refractivity contribution >= 4 is 44.5 Å². The molecule has 0 bridgehead atoms. The molecule has 0 aliphatic heterocycles. The summed E-state index contributed by atoms with van der Waals surface area (Å²) < 4.78 is 0. The lowest BCUT2D eigenvalue weighted by Gasteiger charge is -2.08. The first-order valence-electron chi connectivity index (χ1n) is 15.9. The van der Waals surface area contributed by atoms with Gasteiger partial charge in [0.1, 0.15) is 0 Å². The maximum Gasteiger partial charge on any atom is -0.00993 e. The summed E-state index contributed by atoms with van der Waals surface area (Å²) in [5.41, 5.74) is 7.31. The minimum atomic E-state index is 1.20. The Morgan fingerprint density at radius 1 is 0.391 bits per heavy atom. The number of hydrogen-bond donors (Lipinski definition) is 0. The van der Waals surface area contributed by atoms with Crippen LogP contribution in [0.1, 0.15) is 38.8 Å². The van der Waals surface area contributed by atoms with Crippen molar-refractivity contribution in [2.75, 3.05) is 0 Å². The fourth-order valence-corrected chi connectivity index (χ4v) is 5.40. The molecule has 0 amide bonds. The van der Waals surface area contributed by atoms with Gasteiger partial charge in [0, 0.05) is 0 Å². The highest BCUT2D eigenvalue weighted by Gasteiger charge is 2.04. The van der Waals surface area contributed by atoms with Gasteiger partial charge in [-0.2, -0.15) is 0 Å². The minimum absolute atomic E-state index is 1.20. The van der Waals surface area contributed by atoms with Crippen molar-refractivity contribution in [2.24, 2.45) is 0 Å². The van der Waals surface area contributed by atoms with Crippen LogP contribution in [0.4, 0.5) is 0 Å². The van der Waals surface area contributed by atoms with Crippen LogP contribution in [0, 0.1) is 0 Å². The van der Waals surface area contributed by atoms with Crippen LogP contribution in [0.2, 0.25) is 0 Å². The lowest BCUT2D eigenvalue weighted by molar-refractivity contribution is 1.49. The summed E-state index contributed by atoms with van der Waals surface area (Å²) in [5, 5.41) is 7.64. The van der Waals surface area contributed by atoms with Crippen LogP contribution in [0.15, 0.2) is 192 Å². The highest BCUT2D eigenvalue weighted by Crippen LogP contribution is 2.29. The Balaban J connectivity index is 1.15. The molecule has 46 heavy (non-hydrogen) atoms. The van der Waals surface area contributed by atoms with Gasteiger partial charge < -0.3 is 0 Å². The van der Waals surface area contributed by atoms with Gasteiger partial charge in [0.05, 0.1) is 0 Å². The van der Waals surface area contributed by atoms with E-state index < -0.39 is 0 Å². The van der Waals surface area contributed by atoms with Crippen molar-refractivity contribution in [3.05, 3.63) is 203 Å². The molecule has 226 valence electrons. The molecule has 0 saturated carbocycles. The Morgan fingerprint density at radius 3 is 1.41 bits per heavy atom. The number of rotatable bonds is 10. The zero-order valence-corrected chi connectivity index (χ0v) is 27.3. The molecular formula is C46H42. The average molecular weight is 595 g/mol. The molecule has 0 atom stereocenters. The third kappa shape index (κ3) is 8.80. The zero-order chi connectivity index (χ0) is 32.1. The smallest absolute Gasteiger partial charge is 0.00993 e. The minimum Gasteiger partial charge on any atom is -0.0620 e. The maximum atomic E-state index is 2.28. The van der Waals surface area contributed by atoms with E-state index in [2.05, 4.69) is 210 Å². The Kier molecular flexibility index (Phi) is 11.1. The molecule has 0 heteroatoms. The Morgan fingerprint density at radius 2 is 0.826 bits per heavy atom. The summed E-state index contributed by atoms with van der Waals surface area (Å²) in [4.78, 5) is 0. The van der Waals surface area contributed by atoms with E-state index >= 15 is 0 Å². The van der Waals surface area contributed by atoms with Gasteiger partial charge in [-0.15, -0.1) is 0 Å². The highest BCUT2D eigenvalue weighted by molar-refractivity contribution is 6.06. The molecule has 0 heterocycles. The molecule has 0 N–H and O–H groups in total. The zero-order valence-electron chi connectivity index (χ0n) is 27.3. The normalized spacial score (nSPS) is 14.2. The predicted molar refractivity (Wildman–Crippen MR) is 206 cm³/mol. The van der Waals surface area contributed by atoms with Crippen molar-refractivity contribution in [1.82, 2.24) is 0 Å². The number of benzene rings is 5. The second-order valence-corrected chi connectivity index (χ2v) is 11.7. The predicted octanol–water partition coefficient (Wildman–Crippen LogP) is 13.3. The molecule has 0 saturated heterocycles. The van der Waals surface area contributed by atoms with Crippen LogP contribution in [0.5, 0.6) is 0 Å². The monoisotopic (exact) mass is 594 g/mol. The molecule has 5 rings (SSSR count). The van der Waals surface area contributed by atoms with E-state index in [1.54, 1.807) is 0 Å². The quantitative estimate of drug-likeness (QED) is 0.111. The standard InChI is InChI=1S/C46H42/c1-35(18-13-20-37(3)30-32-40-26-15-25-39-22-7-10-27-43(39)40)16-5-6-17-36(2)19-14-21-38(4)31-33-46-44-28-11-8-23-41(44)34-42-24-9-12-29-45(42)46/h5-34H,1-4H3/b6-5+,18-13+,19-14+,32-30+,33-31+,35-16+,36-17+,37-20+,38-21+. The number of hydrogen-bond acceptors (Lipinski definition) is 0. The molecule has 0 spiro atoms. The van der Waals surface area contributed by atoms with Gasteiger partial charge in [-0.25, -0.2) is 0 Å². The Labute approximate surface area is 274 Å². The van der Waals surface area contributed by atoms with Gasteiger partial charge in [0.25, 0.3) is 0 Å². The van der Waals surface area contributed by atoms with Gasteiger partial charge in [-0.05, 0) is 77.2 Å². The van der Waals surface area contributed by atoms with Crippen molar-refractivity contribution in [3.8, 4) is 0 Å². The van der Waals surface area contributed by atoms with Crippen LogP contribution in [-0.4, -0.2) is 0 Å². The molecule has 0 aliphatic carbocycles. The van der Waals surface area contributed by atoms with E-state index in [1.807, 2.05) is 0 Å². The van der Waals surface area contributed by atoms with E-state index in [-0.39, 0.29) is 0 Å². The second kappa shape index (κ2) is 16.0. The molecule has 0 radical (unpaired) electrons. The first-order chi connectivity index (χ1) is 22.5. The van der Waals surface area contributed by atoms with E-state index in [0.717, 1.165) is 0 Å². The van der Waals surface area contributed by atoms with E-state index in [4.69, 9.17) is 0 Å². The van der Waals surface area contributed by atoms with Gasteiger partial charge in [-0.1, -0.05) is 198 Å². The van der Waals surface area contributed by atoms with Gasteiger partial charge >= 0.3 is 0 Å². The summed E-state index contributed by atoms with van der Waals surface area (Å²) in [5.74, 6) is 0. The van der Waals surface area contributed by atoms with Crippen LogP contribution in [0.25, 0.3) is 44.5 Å². The topological polar surface area (TPSA) is 0 Å². The summed E-state index contributed by atoms with van der Waals surface area (Å²) in [6.07, 6.45) is 30.1. The molecule has 5 aromatic rings. The SMILES string of the molecule is CC(/C=C/C=C(C)/C=C/c1cccc2ccccc12)=C\C=C\C=C(C)\C=C\C=C(C)\C=C\c1c2ccccc2cc2ccccc12. The maximum absolute atomic E-state index is 2.28. The molecule has 0 nitrogen and oxygen atoms in total. The summed E-state index contributed by atoms with van der Waals surface area (Å²) in [6.45, 7) is 8.52. The van der Waals surface area contributed by atoms with Gasteiger partial charge in [0.15, 0.2) is 0 Å². The lowest BCUT2D eigenvalue weighted by Crippen LogP contribution is -1.83. The van der Waals surface area contributed by atoms with Gasteiger partial charge in [0.2, 0.25) is 0 Å². The average Bonchev–Trinajstić information content (AvgIpc) is 3.07. The molecule has 0 aromatic heterocycles. The van der Waals surface area contributed by atoms with Crippen LogP contribution >= 0.6 is 0 Å². The molecule has 0 aliphatic rings. The lowest BCUT2D eigenvalue weighted by atomic mass is 9.96. The molecule has 0 unspecified atom stereocenters. The summed E-state index contributed by atoms with van der Waals surface area (Å²) in [7, 11) is 0. The van der Waals surface area contributed by atoms with E-state index in [0.29, 0.717) is 0 Å². The molecule has 0 fully saturated rings. The third-order valence-corrected chi connectivity index (χ3v) is 7.94. The third-order valence-electron chi connectivity index (χ3n) is 7.94. The fraction of sp³-hybridized carbons (Fsp3) is 0.0870. The number of allylic oxidation sites excluding steroid dienone is 16.